The molecule has 1 atom stereocenters. The van der Waals surface area contributed by atoms with E-state index in [1.807, 2.05) is 25.1 Å². The molecule has 0 saturated heterocycles. The lowest BCUT2D eigenvalue weighted by atomic mass is 10.1. The third-order valence-corrected chi connectivity index (χ3v) is 4.26. The van der Waals surface area contributed by atoms with Gasteiger partial charge in [-0.15, -0.1) is 11.3 Å². The Labute approximate surface area is 129 Å². The van der Waals surface area contributed by atoms with Crippen molar-refractivity contribution in [3.63, 3.8) is 0 Å². The van der Waals surface area contributed by atoms with E-state index in [1.54, 1.807) is 23.5 Å². The molecule has 108 valence electrons. The smallest absolute Gasteiger partial charge is 0.220 e. The van der Waals surface area contributed by atoms with E-state index >= 15 is 0 Å². The van der Waals surface area contributed by atoms with Crippen molar-refractivity contribution in [1.29, 1.82) is 5.26 Å². The molecule has 4 heteroatoms. The first-order chi connectivity index (χ1) is 10.2. The number of carbonyl (C=O) groups is 1. The maximum absolute atomic E-state index is 11.9. The van der Waals surface area contributed by atoms with Gasteiger partial charge in [0.25, 0.3) is 0 Å². The fourth-order valence-corrected chi connectivity index (χ4v) is 2.87. The molecule has 1 aromatic carbocycles. The fraction of sp³-hybridized carbons (Fsp3) is 0.294. The van der Waals surface area contributed by atoms with Crippen molar-refractivity contribution in [2.24, 2.45) is 0 Å². The average Bonchev–Trinajstić information content (AvgIpc) is 3.00. The van der Waals surface area contributed by atoms with Crippen LogP contribution in [-0.2, 0) is 11.2 Å². The van der Waals surface area contributed by atoms with Crippen molar-refractivity contribution >= 4 is 17.2 Å². The van der Waals surface area contributed by atoms with E-state index in [-0.39, 0.29) is 11.9 Å². The summed E-state index contributed by atoms with van der Waals surface area (Å²) in [5.41, 5.74) is 1.65. The number of thiophene rings is 1. The Morgan fingerprint density at radius 2 is 2.10 bits per heavy atom. The van der Waals surface area contributed by atoms with Crippen molar-refractivity contribution < 1.29 is 4.79 Å². The van der Waals surface area contributed by atoms with Crippen molar-refractivity contribution in [1.82, 2.24) is 5.32 Å². The molecule has 0 aliphatic carbocycles. The topological polar surface area (TPSA) is 52.9 Å². The quantitative estimate of drug-likeness (QED) is 0.881. The number of hydrogen-bond donors (Lipinski definition) is 1. The predicted octanol–water partition coefficient (Wildman–Crippen LogP) is 3.82. The highest BCUT2D eigenvalue weighted by atomic mass is 32.1. The number of aryl methyl sites for hydroxylation is 1. The number of hydrogen-bond acceptors (Lipinski definition) is 3. The molecule has 0 radical (unpaired) electrons. The van der Waals surface area contributed by atoms with Crippen LogP contribution in [0.5, 0.6) is 0 Å². The number of rotatable bonds is 6. The number of nitrogens with zero attached hydrogens (tertiary/aromatic N) is 1. The molecule has 1 amide bonds. The fourth-order valence-electron chi connectivity index (χ4n) is 2.12. The van der Waals surface area contributed by atoms with Gasteiger partial charge in [-0.05, 0) is 48.9 Å². The van der Waals surface area contributed by atoms with Crippen molar-refractivity contribution in [3.05, 3.63) is 57.8 Å². The SMILES string of the molecule is CC(NC(=O)CCCc1cccs1)c1ccc(C#N)cc1. The van der Waals surface area contributed by atoms with Crippen LogP contribution in [0, 0.1) is 11.3 Å². The standard InChI is InChI=1S/C17H18N2OS/c1-13(15-9-7-14(12-18)8-10-15)19-17(20)6-2-4-16-5-3-11-21-16/h3,5,7-11,13H,2,4,6H2,1H3,(H,19,20). The van der Waals surface area contributed by atoms with E-state index in [1.165, 1.54) is 4.88 Å². The summed E-state index contributed by atoms with van der Waals surface area (Å²) in [6.07, 6.45) is 2.36. The maximum Gasteiger partial charge on any atom is 0.220 e. The first-order valence-corrected chi connectivity index (χ1v) is 7.89. The molecule has 1 unspecified atom stereocenters. The summed E-state index contributed by atoms with van der Waals surface area (Å²) in [5.74, 6) is 0.0726. The third-order valence-electron chi connectivity index (χ3n) is 3.32. The highest BCUT2D eigenvalue weighted by Crippen LogP contribution is 2.15. The Hall–Kier alpha value is -2.12. The van der Waals surface area contributed by atoms with Crippen LogP contribution in [0.15, 0.2) is 41.8 Å². The van der Waals surface area contributed by atoms with Gasteiger partial charge in [0.05, 0.1) is 17.7 Å². The third kappa shape index (κ3) is 4.73. The van der Waals surface area contributed by atoms with Gasteiger partial charge in [0.15, 0.2) is 0 Å². The summed E-state index contributed by atoms with van der Waals surface area (Å²) in [6, 6.07) is 13.5. The second kappa shape index (κ2) is 7.61. The average molecular weight is 298 g/mol. The van der Waals surface area contributed by atoms with Crippen LogP contribution in [0.25, 0.3) is 0 Å². The molecule has 0 spiro atoms. The summed E-state index contributed by atoms with van der Waals surface area (Å²) < 4.78 is 0. The van der Waals surface area contributed by atoms with Crippen LogP contribution in [0.4, 0.5) is 0 Å². The number of carbonyl (C=O) groups excluding carboxylic acids is 1. The molecular weight excluding hydrogens is 280 g/mol. The van der Waals surface area contributed by atoms with E-state index in [0.29, 0.717) is 12.0 Å². The van der Waals surface area contributed by atoms with Crippen LogP contribution >= 0.6 is 11.3 Å². The van der Waals surface area contributed by atoms with E-state index in [2.05, 4.69) is 22.8 Å². The minimum Gasteiger partial charge on any atom is -0.350 e. The lowest BCUT2D eigenvalue weighted by molar-refractivity contribution is -0.121. The predicted molar refractivity (Wildman–Crippen MR) is 85.0 cm³/mol. The van der Waals surface area contributed by atoms with Crippen LogP contribution in [0.3, 0.4) is 0 Å². The molecule has 21 heavy (non-hydrogen) atoms. The van der Waals surface area contributed by atoms with E-state index in [0.717, 1.165) is 18.4 Å². The monoisotopic (exact) mass is 298 g/mol. The largest absolute Gasteiger partial charge is 0.350 e. The van der Waals surface area contributed by atoms with Gasteiger partial charge in [0.2, 0.25) is 5.91 Å². The molecular formula is C17H18N2OS. The van der Waals surface area contributed by atoms with Crippen LogP contribution < -0.4 is 5.32 Å². The number of benzene rings is 1. The molecule has 0 fully saturated rings. The molecule has 0 saturated carbocycles. The minimum atomic E-state index is -0.0352. The molecule has 0 aliphatic heterocycles. The molecule has 0 bridgehead atoms. The van der Waals surface area contributed by atoms with Crippen molar-refractivity contribution in [2.45, 2.75) is 32.2 Å². The Morgan fingerprint density at radius 1 is 1.33 bits per heavy atom. The molecule has 2 rings (SSSR count). The number of nitrogens with one attached hydrogen (secondary N) is 1. The zero-order valence-corrected chi connectivity index (χ0v) is 12.8. The first-order valence-electron chi connectivity index (χ1n) is 7.01. The molecule has 3 nitrogen and oxygen atoms in total. The Morgan fingerprint density at radius 3 is 2.71 bits per heavy atom. The van der Waals surface area contributed by atoms with Gasteiger partial charge in [-0.3, -0.25) is 4.79 Å². The molecule has 0 aliphatic rings. The van der Waals surface area contributed by atoms with Crippen LogP contribution in [-0.4, -0.2) is 5.91 Å². The summed E-state index contributed by atoms with van der Waals surface area (Å²) >= 11 is 1.73. The lowest BCUT2D eigenvalue weighted by Gasteiger charge is -2.14. The van der Waals surface area contributed by atoms with Gasteiger partial charge >= 0.3 is 0 Å². The van der Waals surface area contributed by atoms with Crippen LogP contribution in [0.1, 0.15) is 41.8 Å². The maximum atomic E-state index is 11.9. The zero-order chi connectivity index (χ0) is 15.1. The lowest BCUT2D eigenvalue weighted by Crippen LogP contribution is -2.26. The second-order valence-electron chi connectivity index (χ2n) is 4.96. The molecule has 2 aromatic rings. The van der Waals surface area contributed by atoms with Gasteiger partial charge in [-0.1, -0.05) is 18.2 Å². The molecule has 1 heterocycles. The second-order valence-corrected chi connectivity index (χ2v) is 5.99. The number of amides is 1. The first kappa shape index (κ1) is 15.3. The van der Waals surface area contributed by atoms with Gasteiger partial charge in [0.1, 0.15) is 0 Å². The summed E-state index contributed by atoms with van der Waals surface area (Å²) in [6.45, 7) is 1.96. The van der Waals surface area contributed by atoms with Gasteiger partial charge in [-0.25, -0.2) is 0 Å². The number of nitriles is 1. The summed E-state index contributed by atoms with van der Waals surface area (Å²) in [4.78, 5) is 13.2. The normalized spacial score (nSPS) is 11.6. The Balaban J connectivity index is 1.77. The Bertz CT molecular complexity index is 611. The van der Waals surface area contributed by atoms with Gasteiger partial charge in [-0.2, -0.15) is 5.26 Å². The van der Waals surface area contributed by atoms with Gasteiger partial charge < -0.3 is 5.32 Å². The highest BCUT2D eigenvalue weighted by Gasteiger charge is 2.09. The highest BCUT2D eigenvalue weighted by molar-refractivity contribution is 7.09. The summed E-state index contributed by atoms with van der Waals surface area (Å²) in [5, 5.41) is 13.8. The van der Waals surface area contributed by atoms with Crippen LogP contribution in [0.2, 0.25) is 0 Å². The minimum absolute atomic E-state index is 0.0352. The summed E-state index contributed by atoms with van der Waals surface area (Å²) in [7, 11) is 0. The van der Waals surface area contributed by atoms with Gasteiger partial charge in [0, 0.05) is 11.3 Å². The molecule has 1 aromatic heterocycles. The van der Waals surface area contributed by atoms with Crippen molar-refractivity contribution in [3.8, 4) is 6.07 Å². The van der Waals surface area contributed by atoms with Crippen molar-refractivity contribution in [2.75, 3.05) is 0 Å². The van der Waals surface area contributed by atoms with E-state index < -0.39 is 0 Å². The Kier molecular flexibility index (Phi) is 5.53. The zero-order valence-electron chi connectivity index (χ0n) is 12.0. The molecule has 1 N–H and O–H groups in total. The van der Waals surface area contributed by atoms with E-state index in [4.69, 9.17) is 5.26 Å². The van der Waals surface area contributed by atoms with E-state index in [9.17, 15) is 4.79 Å².